The van der Waals surface area contributed by atoms with Gasteiger partial charge in [-0.15, -0.1) is 0 Å². The van der Waals surface area contributed by atoms with Crippen molar-refractivity contribution in [1.82, 2.24) is 4.90 Å². The Labute approximate surface area is 114 Å². The van der Waals surface area contributed by atoms with Crippen LogP contribution >= 0.6 is 0 Å². The number of nitrogens with two attached hydrogens (primary N) is 1. The number of likely N-dealkylation sites (tertiary alicyclic amines) is 1. The van der Waals surface area contributed by atoms with Gasteiger partial charge in [0.05, 0.1) is 0 Å². The van der Waals surface area contributed by atoms with Gasteiger partial charge in [-0.2, -0.15) is 0 Å². The van der Waals surface area contributed by atoms with Gasteiger partial charge in [0, 0.05) is 31.5 Å². The average molecular weight is 258 g/mol. The molecular weight excluding hydrogens is 236 g/mol. The summed E-state index contributed by atoms with van der Waals surface area (Å²) in [5, 5.41) is 0. The first kappa shape index (κ1) is 12.7. The van der Waals surface area contributed by atoms with Crippen molar-refractivity contribution in [2.45, 2.75) is 44.1 Å². The minimum atomic E-state index is 0.163. The molecule has 2 N–H and O–H groups in total. The lowest BCUT2D eigenvalue weighted by molar-refractivity contribution is -0.134. The summed E-state index contributed by atoms with van der Waals surface area (Å²) in [4.78, 5) is 14.0. The quantitative estimate of drug-likeness (QED) is 0.882. The predicted molar refractivity (Wildman–Crippen MR) is 75.9 cm³/mol. The summed E-state index contributed by atoms with van der Waals surface area (Å²) in [6, 6.07) is 8.85. The number of carbonyl (C=O) groups is 1. The van der Waals surface area contributed by atoms with Crippen LogP contribution in [0.2, 0.25) is 0 Å². The fourth-order valence-corrected chi connectivity index (χ4v) is 3.43. The molecule has 0 spiro atoms. The van der Waals surface area contributed by atoms with E-state index in [-0.39, 0.29) is 11.9 Å². The van der Waals surface area contributed by atoms with Crippen LogP contribution in [0.1, 0.15) is 42.7 Å². The Hall–Kier alpha value is -1.35. The monoisotopic (exact) mass is 258 g/mol. The highest BCUT2D eigenvalue weighted by atomic mass is 16.2. The molecule has 2 atom stereocenters. The second-order valence-electron chi connectivity index (χ2n) is 5.89. The zero-order valence-electron chi connectivity index (χ0n) is 11.3. The van der Waals surface area contributed by atoms with Gasteiger partial charge in [-0.05, 0) is 36.8 Å². The third-order valence-electron chi connectivity index (χ3n) is 4.47. The maximum atomic E-state index is 12.0. The van der Waals surface area contributed by atoms with Crippen LogP contribution in [0.15, 0.2) is 24.3 Å². The Morgan fingerprint density at radius 1 is 1.21 bits per heavy atom. The van der Waals surface area contributed by atoms with Crippen molar-refractivity contribution in [3.63, 3.8) is 0 Å². The number of nitrogens with zero attached hydrogens (tertiary/aromatic N) is 1. The van der Waals surface area contributed by atoms with Crippen LogP contribution in [0.4, 0.5) is 0 Å². The van der Waals surface area contributed by atoms with Gasteiger partial charge in [0.15, 0.2) is 0 Å². The molecular formula is C16H22N2O. The Bertz CT molecular complexity index is 472. The Kier molecular flexibility index (Phi) is 3.56. The molecule has 1 aliphatic carbocycles. The van der Waals surface area contributed by atoms with Gasteiger partial charge in [-0.1, -0.05) is 24.3 Å². The molecule has 3 heteroatoms. The third kappa shape index (κ3) is 2.66. The van der Waals surface area contributed by atoms with E-state index in [4.69, 9.17) is 5.73 Å². The van der Waals surface area contributed by atoms with Crippen LogP contribution < -0.4 is 5.73 Å². The van der Waals surface area contributed by atoms with E-state index in [1.165, 1.54) is 30.4 Å². The minimum absolute atomic E-state index is 0.163. The standard InChI is InChI=1S/C16H22N2O/c17-14-8-9-16(19)18(11-14)10-13-6-3-5-12-4-1-2-7-15(12)13/h1-2,4,7,13-14H,3,5-6,8-11,17H2. The van der Waals surface area contributed by atoms with Crippen molar-refractivity contribution >= 4 is 5.91 Å². The van der Waals surface area contributed by atoms with Crippen molar-refractivity contribution < 1.29 is 4.79 Å². The van der Waals surface area contributed by atoms with Crippen LogP contribution in [-0.2, 0) is 11.2 Å². The van der Waals surface area contributed by atoms with Gasteiger partial charge in [-0.25, -0.2) is 0 Å². The number of carbonyl (C=O) groups excluding carboxylic acids is 1. The van der Waals surface area contributed by atoms with Gasteiger partial charge in [0.1, 0.15) is 0 Å². The summed E-state index contributed by atoms with van der Waals surface area (Å²) in [7, 11) is 0. The number of fused-ring (bicyclic) bond motifs is 1. The van der Waals surface area contributed by atoms with Gasteiger partial charge in [0.2, 0.25) is 5.91 Å². The van der Waals surface area contributed by atoms with E-state index in [0.29, 0.717) is 12.3 Å². The molecule has 1 aromatic carbocycles. The van der Waals surface area contributed by atoms with Crippen LogP contribution in [0.5, 0.6) is 0 Å². The molecule has 1 heterocycles. The zero-order chi connectivity index (χ0) is 13.2. The molecule has 3 rings (SSSR count). The average Bonchev–Trinajstić information content (AvgIpc) is 2.43. The third-order valence-corrected chi connectivity index (χ3v) is 4.47. The number of hydrogen-bond acceptors (Lipinski definition) is 2. The smallest absolute Gasteiger partial charge is 0.222 e. The lowest BCUT2D eigenvalue weighted by Gasteiger charge is -2.35. The summed E-state index contributed by atoms with van der Waals surface area (Å²) in [5.41, 5.74) is 8.90. The molecule has 1 amide bonds. The number of benzene rings is 1. The molecule has 1 aliphatic heterocycles. The first-order valence-corrected chi connectivity index (χ1v) is 7.35. The number of rotatable bonds is 2. The molecule has 102 valence electrons. The van der Waals surface area contributed by atoms with Crippen LogP contribution in [-0.4, -0.2) is 29.9 Å². The second kappa shape index (κ2) is 5.33. The number of piperidine rings is 1. The first-order valence-electron chi connectivity index (χ1n) is 7.35. The van der Waals surface area contributed by atoms with Crippen molar-refractivity contribution in [3.05, 3.63) is 35.4 Å². The van der Waals surface area contributed by atoms with Crippen LogP contribution in [0, 0.1) is 0 Å². The van der Waals surface area contributed by atoms with E-state index in [9.17, 15) is 4.79 Å². The largest absolute Gasteiger partial charge is 0.341 e. The van der Waals surface area contributed by atoms with E-state index >= 15 is 0 Å². The maximum absolute atomic E-state index is 12.0. The molecule has 2 aliphatic rings. The summed E-state index contributed by atoms with van der Waals surface area (Å²) in [6.07, 6.45) is 5.07. The van der Waals surface area contributed by atoms with Crippen molar-refractivity contribution in [3.8, 4) is 0 Å². The fraction of sp³-hybridized carbons (Fsp3) is 0.562. The molecule has 2 unspecified atom stereocenters. The van der Waals surface area contributed by atoms with E-state index in [1.807, 2.05) is 4.90 Å². The van der Waals surface area contributed by atoms with E-state index in [1.54, 1.807) is 0 Å². The van der Waals surface area contributed by atoms with E-state index in [2.05, 4.69) is 24.3 Å². The van der Waals surface area contributed by atoms with Gasteiger partial charge < -0.3 is 10.6 Å². The molecule has 0 radical (unpaired) electrons. The molecule has 1 aromatic rings. The molecule has 3 nitrogen and oxygen atoms in total. The molecule has 0 saturated carbocycles. The van der Waals surface area contributed by atoms with Crippen molar-refractivity contribution in [2.24, 2.45) is 5.73 Å². The number of hydrogen-bond donors (Lipinski definition) is 1. The van der Waals surface area contributed by atoms with Gasteiger partial charge in [-0.3, -0.25) is 4.79 Å². The molecule has 19 heavy (non-hydrogen) atoms. The van der Waals surface area contributed by atoms with Crippen LogP contribution in [0.25, 0.3) is 0 Å². The highest BCUT2D eigenvalue weighted by molar-refractivity contribution is 5.77. The molecule has 1 saturated heterocycles. The minimum Gasteiger partial charge on any atom is -0.341 e. The Balaban J connectivity index is 1.75. The highest BCUT2D eigenvalue weighted by Gasteiger charge is 2.28. The Morgan fingerprint density at radius 2 is 2.05 bits per heavy atom. The topological polar surface area (TPSA) is 46.3 Å². The van der Waals surface area contributed by atoms with Gasteiger partial charge in [0.25, 0.3) is 0 Å². The predicted octanol–water partition coefficient (Wildman–Crippen LogP) is 2.06. The van der Waals surface area contributed by atoms with E-state index < -0.39 is 0 Å². The highest BCUT2D eigenvalue weighted by Crippen LogP contribution is 2.32. The SMILES string of the molecule is NC1CCC(=O)N(CC2CCCc3ccccc32)C1. The van der Waals surface area contributed by atoms with Gasteiger partial charge >= 0.3 is 0 Å². The molecule has 1 fully saturated rings. The van der Waals surface area contributed by atoms with Crippen molar-refractivity contribution in [2.75, 3.05) is 13.1 Å². The normalized spacial score (nSPS) is 27.2. The lowest BCUT2D eigenvalue weighted by Crippen LogP contribution is -2.47. The number of amides is 1. The lowest BCUT2D eigenvalue weighted by atomic mass is 9.82. The maximum Gasteiger partial charge on any atom is 0.222 e. The summed E-state index contributed by atoms with van der Waals surface area (Å²) >= 11 is 0. The summed E-state index contributed by atoms with van der Waals surface area (Å²) < 4.78 is 0. The van der Waals surface area contributed by atoms with Crippen molar-refractivity contribution in [1.29, 1.82) is 0 Å². The van der Waals surface area contributed by atoms with Crippen LogP contribution in [0.3, 0.4) is 0 Å². The summed E-state index contributed by atoms with van der Waals surface area (Å²) in [6.45, 7) is 1.58. The van der Waals surface area contributed by atoms with E-state index in [0.717, 1.165) is 19.5 Å². The molecule has 0 aromatic heterocycles. The zero-order valence-corrected chi connectivity index (χ0v) is 11.3. The number of aryl methyl sites for hydroxylation is 1. The second-order valence-corrected chi connectivity index (χ2v) is 5.89. The molecule has 0 bridgehead atoms. The summed E-state index contributed by atoms with van der Waals surface area (Å²) in [5.74, 6) is 0.781. The Morgan fingerprint density at radius 3 is 2.95 bits per heavy atom. The first-order chi connectivity index (χ1) is 9.24. The fourth-order valence-electron chi connectivity index (χ4n) is 3.43.